The Hall–Kier alpha value is -0.340. The van der Waals surface area contributed by atoms with Crippen molar-refractivity contribution in [3.8, 4) is 0 Å². The van der Waals surface area contributed by atoms with Crippen LogP contribution in [0.25, 0.3) is 0 Å². The SMILES string of the molecule is CCCC(N)CN1CC=C(C(C)(C)C)CC1. The second kappa shape index (κ2) is 5.83. The van der Waals surface area contributed by atoms with Crippen molar-refractivity contribution in [1.82, 2.24) is 4.90 Å². The van der Waals surface area contributed by atoms with Crippen LogP contribution < -0.4 is 5.73 Å². The highest BCUT2D eigenvalue weighted by molar-refractivity contribution is 5.14. The van der Waals surface area contributed by atoms with E-state index >= 15 is 0 Å². The van der Waals surface area contributed by atoms with E-state index in [1.54, 1.807) is 5.57 Å². The van der Waals surface area contributed by atoms with Crippen molar-refractivity contribution >= 4 is 0 Å². The summed E-state index contributed by atoms with van der Waals surface area (Å²) >= 11 is 0. The van der Waals surface area contributed by atoms with Crippen molar-refractivity contribution in [3.05, 3.63) is 11.6 Å². The van der Waals surface area contributed by atoms with Gasteiger partial charge in [-0.05, 0) is 18.3 Å². The molecule has 1 heterocycles. The van der Waals surface area contributed by atoms with Gasteiger partial charge in [0.25, 0.3) is 0 Å². The molecule has 1 rings (SSSR count). The summed E-state index contributed by atoms with van der Waals surface area (Å²) in [6.07, 6.45) is 5.95. The van der Waals surface area contributed by atoms with Gasteiger partial charge in [-0.2, -0.15) is 0 Å². The zero-order valence-electron chi connectivity index (χ0n) is 11.4. The van der Waals surface area contributed by atoms with E-state index in [9.17, 15) is 0 Å². The standard InChI is InChI=1S/C14H28N2/c1-5-6-13(15)11-16-9-7-12(8-10-16)14(2,3)4/h7,13H,5-6,8-11,15H2,1-4H3. The minimum absolute atomic E-state index is 0.345. The summed E-state index contributed by atoms with van der Waals surface area (Å²) in [6.45, 7) is 12.4. The minimum Gasteiger partial charge on any atom is -0.327 e. The number of rotatable bonds is 4. The second-order valence-electron chi connectivity index (χ2n) is 6.04. The van der Waals surface area contributed by atoms with E-state index in [4.69, 9.17) is 5.73 Å². The van der Waals surface area contributed by atoms with Gasteiger partial charge >= 0.3 is 0 Å². The molecule has 0 spiro atoms. The van der Waals surface area contributed by atoms with Gasteiger partial charge in [0.05, 0.1) is 0 Å². The van der Waals surface area contributed by atoms with E-state index in [-0.39, 0.29) is 0 Å². The van der Waals surface area contributed by atoms with Gasteiger partial charge < -0.3 is 5.73 Å². The molecule has 2 nitrogen and oxygen atoms in total. The first kappa shape index (κ1) is 13.7. The van der Waals surface area contributed by atoms with Crippen LogP contribution in [-0.2, 0) is 0 Å². The molecule has 0 amide bonds. The second-order valence-corrected chi connectivity index (χ2v) is 6.04. The maximum absolute atomic E-state index is 6.07. The minimum atomic E-state index is 0.345. The van der Waals surface area contributed by atoms with Crippen LogP contribution in [0.1, 0.15) is 47.0 Å². The molecule has 2 N–H and O–H groups in total. The molecule has 0 bridgehead atoms. The molecule has 0 aliphatic carbocycles. The van der Waals surface area contributed by atoms with Crippen LogP contribution in [0.2, 0.25) is 0 Å². The van der Waals surface area contributed by atoms with Crippen molar-refractivity contribution in [2.45, 2.75) is 53.0 Å². The molecular formula is C14H28N2. The number of nitrogens with zero attached hydrogens (tertiary/aromatic N) is 1. The van der Waals surface area contributed by atoms with Crippen molar-refractivity contribution in [3.63, 3.8) is 0 Å². The fourth-order valence-electron chi connectivity index (χ4n) is 2.35. The molecule has 0 aromatic heterocycles. The Labute approximate surface area is 101 Å². The molecule has 1 aliphatic rings. The summed E-state index contributed by atoms with van der Waals surface area (Å²) in [5.74, 6) is 0. The molecule has 1 unspecified atom stereocenters. The van der Waals surface area contributed by atoms with Crippen molar-refractivity contribution < 1.29 is 0 Å². The fraction of sp³-hybridized carbons (Fsp3) is 0.857. The van der Waals surface area contributed by atoms with Crippen LogP contribution in [0.3, 0.4) is 0 Å². The highest BCUT2D eigenvalue weighted by Crippen LogP contribution is 2.29. The van der Waals surface area contributed by atoms with Crippen LogP contribution in [0.5, 0.6) is 0 Å². The Morgan fingerprint density at radius 2 is 2.12 bits per heavy atom. The van der Waals surface area contributed by atoms with E-state index in [0.29, 0.717) is 11.5 Å². The predicted molar refractivity (Wildman–Crippen MR) is 71.5 cm³/mol. The first-order chi connectivity index (χ1) is 7.43. The summed E-state index contributed by atoms with van der Waals surface area (Å²) < 4.78 is 0. The first-order valence-electron chi connectivity index (χ1n) is 6.61. The lowest BCUT2D eigenvalue weighted by molar-refractivity contribution is 0.258. The first-order valence-corrected chi connectivity index (χ1v) is 6.61. The Kier molecular flexibility index (Phi) is 5.00. The van der Waals surface area contributed by atoms with Crippen molar-refractivity contribution in [2.75, 3.05) is 19.6 Å². The van der Waals surface area contributed by atoms with Crippen molar-refractivity contribution in [1.29, 1.82) is 0 Å². The van der Waals surface area contributed by atoms with Gasteiger partial charge in [-0.15, -0.1) is 0 Å². The van der Waals surface area contributed by atoms with E-state index < -0.39 is 0 Å². The summed E-state index contributed by atoms with van der Waals surface area (Å²) in [7, 11) is 0. The third-order valence-corrected chi connectivity index (χ3v) is 3.41. The number of nitrogens with two attached hydrogens (primary N) is 1. The van der Waals surface area contributed by atoms with Gasteiger partial charge in [0.15, 0.2) is 0 Å². The van der Waals surface area contributed by atoms with E-state index in [2.05, 4.69) is 38.7 Å². The molecule has 0 aromatic carbocycles. The zero-order valence-corrected chi connectivity index (χ0v) is 11.4. The molecular weight excluding hydrogens is 196 g/mol. The molecule has 1 atom stereocenters. The lowest BCUT2D eigenvalue weighted by Gasteiger charge is -2.33. The summed E-state index contributed by atoms with van der Waals surface area (Å²) in [5, 5.41) is 0. The lowest BCUT2D eigenvalue weighted by atomic mass is 9.83. The molecule has 0 saturated carbocycles. The molecule has 1 aliphatic heterocycles. The monoisotopic (exact) mass is 224 g/mol. The fourth-order valence-corrected chi connectivity index (χ4v) is 2.35. The Bertz CT molecular complexity index is 238. The van der Waals surface area contributed by atoms with Crippen LogP contribution in [0.4, 0.5) is 0 Å². The Balaban J connectivity index is 2.39. The Morgan fingerprint density at radius 3 is 2.56 bits per heavy atom. The van der Waals surface area contributed by atoms with Gasteiger partial charge in [-0.1, -0.05) is 45.8 Å². The quantitative estimate of drug-likeness (QED) is 0.744. The third kappa shape index (κ3) is 4.26. The molecule has 2 heteroatoms. The smallest absolute Gasteiger partial charge is 0.0167 e. The summed E-state index contributed by atoms with van der Waals surface area (Å²) in [6, 6.07) is 0.356. The average Bonchev–Trinajstić information content (AvgIpc) is 2.17. The topological polar surface area (TPSA) is 29.3 Å². The van der Waals surface area contributed by atoms with E-state index in [1.807, 2.05) is 0 Å². The largest absolute Gasteiger partial charge is 0.327 e. The molecule has 16 heavy (non-hydrogen) atoms. The molecule has 94 valence electrons. The highest BCUT2D eigenvalue weighted by Gasteiger charge is 2.21. The summed E-state index contributed by atoms with van der Waals surface area (Å²) in [4.78, 5) is 2.48. The third-order valence-electron chi connectivity index (χ3n) is 3.41. The van der Waals surface area contributed by atoms with Gasteiger partial charge in [-0.3, -0.25) is 4.90 Å². The highest BCUT2D eigenvalue weighted by atomic mass is 15.1. The van der Waals surface area contributed by atoms with Gasteiger partial charge in [0, 0.05) is 25.7 Å². The Morgan fingerprint density at radius 1 is 1.44 bits per heavy atom. The molecule has 0 radical (unpaired) electrons. The van der Waals surface area contributed by atoms with Crippen molar-refractivity contribution in [2.24, 2.45) is 11.1 Å². The van der Waals surface area contributed by atoms with Gasteiger partial charge in [0.1, 0.15) is 0 Å². The molecule has 0 saturated heterocycles. The molecule has 0 fully saturated rings. The number of hydrogen-bond acceptors (Lipinski definition) is 2. The van der Waals surface area contributed by atoms with E-state index in [1.165, 1.54) is 19.4 Å². The maximum atomic E-state index is 6.07. The van der Waals surface area contributed by atoms with Gasteiger partial charge in [-0.25, -0.2) is 0 Å². The summed E-state index contributed by atoms with van der Waals surface area (Å²) in [5.41, 5.74) is 8.02. The van der Waals surface area contributed by atoms with Crippen LogP contribution in [0.15, 0.2) is 11.6 Å². The maximum Gasteiger partial charge on any atom is 0.0167 e. The molecule has 0 aromatic rings. The zero-order chi connectivity index (χ0) is 12.2. The number of hydrogen-bond donors (Lipinski definition) is 1. The lowest BCUT2D eigenvalue weighted by Crippen LogP contribution is -2.40. The van der Waals surface area contributed by atoms with E-state index in [0.717, 1.165) is 19.5 Å². The van der Waals surface area contributed by atoms with Crippen LogP contribution in [-0.4, -0.2) is 30.6 Å². The van der Waals surface area contributed by atoms with Crippen LogP contribution in [0, 0.1) is 5.41 Å². The van der Waals surface area contributed by atoms with Gasteiger partial charge in [0.2, 0.25) is 0 Å². The normalized spacial score (nSPS) is 20.7. The average molecular weight is 224 g/mol. The van der Waals surface area contributed by atoms with Crippen LogP contribution >= 0.6 is 0 Å². The predicted octanol–water partition coefficient (Wildman–Crippen LogP) is 2.79.